The lowest BCUT2D eigenvalue weighted by Gasteiger charge is -2.34. The molecule has 1 atom stereocenters. The molecule has 148 valence electrons. The van der Waals surface area contributed by atoms with E-state index in [9.17, 15) is 4.79 Å². The number of hydrogen-bond donors (Lipinski definition) is 2. The molecule has 1 aliphatic carbocycles. The van der Waals surface area contributed by atoms with E-state index in [0.717, 1.165) is 55.4 Å². The molecule has 3 rings (SSSR count). The second-order valence-corrected chi connectivity index (χ2v) is 8.74. The molecular formula is C21H32N4OS. The summed E-state index contributed by atoms with van der Waals surface area (Å²) in [7, 11) is 0. The number of guanidine groups is 1. The van der Waals surface area contributed by atoms with E-state index >= 15 is 0 Å². The Morgan fingerprint density at radius 2 is 2.19 bits per heavy atom. The van der Waals surface area contributed by atoms with E-state index < -0.39 is 0 Å². The lowest BCUT2D eigenvalue weighted by Crippen LogP contribution is -2.48. The van der Waals surface area contributed by atoms with Gasteiger partial charge in [0, 0.05) is 42.2 Å². The van der Waals surface area contributed by atoms with Crippen LogP contribution in [0.3, 0.4) is 0 Å². The maximum Gasteiger partial charge on any atom is 0.227 e. The number of rotatable bonds is 6. The number of aliphatic imine (C=N–C) groups is 1. The van der Waals surface area contributed by atoms with Crippen LogP contribution < -0.4 is 10.6 Å². The molecule has 1 heterocycles. The summed E-state index contributed by atoms with van der Waals surface area (Å²) < 4.78 is 0. The van der Waals surface area contributed by atoms with Crippen molar-refractivity contribution in [3.8, 4) is 0 Å². The minimum absolute atomic E-state index is 0.159. The average molecular weight is 389 g/mol. The van der Waals surface area contributed by atoms with E-state index in [4.69, 9.17) is 4.99 Å². The van der Waals surface area contributed by atoms with E-state index in [1.165, 1.54) is 12.8 Å². The Hall–Kier alpha value is -1.69. The van der Waals surface area contributed by atoms with E-state index in [1.807, 2.05) is 18.2 Å². The van der Waals surface area contributed by atoms with E-state index in [2.05, 4.69) is 47.2 Å². The molecule has 1 aliphatic heterocycles. The van der Waals surface area contributed by atoms with Crippen LogP contribution in [0.1, 0.15) is 45.1 Å². The van der Waals surface area contributed by atoms with Gasteiger partial charge in [0.15, 0.2) is 5.96 Å². The minimum Gasteiger partial charge on any atom is -0.357 e. The van der Waals surface area contributed by atoms with Gasteiger partial charge in [-0.3, -0.25) is 4.79 Å². The molecular weight excluding hydrogens is 356 g/mol. The lowest BCUT2D eigenvalue weighted by atomic mass is 9.85. The van der Waals surface area contributed by atoms with Gasteiger partial charge < -0.3 is 15.5 Å². The van der Waals surface area contributed by atoms with Crippen molar-refractivity contribution in [3.05, 3.63) is 29.8 Å². The van der Waals surface area contributed by atoms with Crippen LogP contribution in [0.5, 0.6) is 0 Å². The SMILES string of the molecule is CCNC(=NCc1cccc(NC(=O)C2CCC2)c1)N1CCSC(CC)C1. The molecule has 2 N–H and O–H groups in total. The van der Waals surface area contributed by atoms with Crippen molar-refractivity contribution in [2.75, 3.05) is 30.7 Å². The maximum absolute atomic E-state index is 12.2. The van der Waals surface area contributed by atoms with Crippen LogP contribution in [0.2, 0.25) is 0 Å². The van der Waals surface area contributed by atoms with Gasteiger partial charge in [0.1, 0.15) is 0 Å². The molecule has 1 saturated heterocycles. The molecule has 1 unspecified atom stereocenters. The first kappa shape index (κ1) is 20.1. The first-order valence-corrected chi connectivity index (χ1v) is 11.3. The Labute approximate surface area is 167 Å². The molecule has 0 aromatic heterocycles. The highest BCUT2D eigenvalue weighted by atomic mass is 32.2. The Balaban J connectivity index is 1.63. The summed E-state index contributed by atoms with van der Waals surface area (Å²) in [5, 5.41) is 7.19. The molecule has 1 aromatic rings. The van der Waals surface area contributed by atoms with E-state index in [0.29, 0.717) is 11.8 Å². The predicted octanol–water partition coefficient (Wildman–Crippen LogP) is 3.72. The van der Waals surface area contributed by atoms with Crippen molar-refractivity contribution in [2.24, 2.45) is 10.9 Å². The molecule has 6 heteroatoms. The standard InChI is InChI=1S/C21H32N4OS/c1-3-19-15-25(11-12-27-19)21(22-4-2)23-14-16-7-5-10-18(13-16)24-20(26)17-8-6-9-17/h5,7,10,13,17,19H,3-4,6,8-9,11-12,14-15H2,1-2H3,(H,22,23)(H,24,26). The highest BCUT2D eigenvalue weighted by molar-refractivity contribution is 8.00. The van der Waals surface area contributed by atoms with Gasteiger partial charge in [-0.05, 0) is 43.9 Å². The fourth-order valence-corrected chi connectivity index (χ4v) is 4.59. The van der Waals surface area contributed by atoms with Crippen LogP contribution in [-0.2, 0) is 11.3 Å². The smallest absolute Gasteiger partial charge is 0.227 e. The van der Waals surface area contributed by atoms with Gasteiger partial charge in [-0.1, -0.05) is 25.5 Å². The summed E-state index contributed by atoms with van der Waals surface area (Å²) in [6, 6.07) is 8.08. The maximum atomic E-state index is 12.2. The number of carbonyl (C=O) groups is 1. The Morgan fingerprint density at radius 3 is 2.89 bits per heavy atom. The summed E-state index contributed by atoms with van der Waals surface area (Å²) in [4.78, 5) is 19.4. The Kier molecular flexibility index (Phi) is 7.44. The number of thioether (sulfide) groups is 1. The second-order valence-electron chi connectivity index (χ2n) is 7.33. The molecule has 27 heavy (non-hydrogen) atoms. The monoisotopic (exact) mass is 388 g/mol. The molecule has 0 bridgehead atoms. The van der Waals surface area contributed by atoms with Gasteiger partial charge in [0.2, 0.25) is 5.91 Å². The summed E-state index contributed by atoms with van der Waals surface area (Å²) in [6.45, 7) is 7.97. The van der Waals surface area contributed by atoms with Crippen molar-refractivity contribution in [1.29, 1.82) is 0 Å². The zero-order valence-corrected chi connectivity index (χ0v) is 17.4. The molecule has 2 fully saturated rings. The van der Waals surface area contributed by atoms with Crippen LogP contribution in [0, 0.1) is 5.92 Å². The number of benzene rings is 1. The van der Waals surface area contributed by atoms with Gasteiger partial charge >= 0.3 is 0 Å². The zero-order chi connectivity index (χ0) is 19.1. The fraction of sp³-hybridized carbons (Fsp3) is 0.619. The first-order chi connectivity index (χ1) is 13.2. The lowest BCUT2D eigenvalue weighted by molar-refractivity contribution is -0.122. The number of amides is 1. The van der Waals surface area contributed by atoms with Gasteiger partial charge in [0.25, 0.3) is 0 Å². The molecule has 1 aromatic carbocycles. The van der Waals surface area contributed by atoms with Crippen molar-refractivity contribution in [2.45, 2.75) is 51.3 Å². The van der Waals surface area contributed by atoms with Gasteiger partial charge in [-0.2, -0.15) is 11.8 Å². The topological polar surface area (TPSA) is 56.7 Å². The van der Waals surface area contributed by atoms with Crippen LogP contribution in [0.4, 0.5) is 5.69 Å². The number of nitrogens with zero attached hydrogens (tertiary/aromatic N) is 2. The Morgan fingerprint density at radius 1 is 1.33 bits per heavy atom. The van der Waals surface area contributed by atoms with Gasteiger partial charge in [-0.15, -0.1) is 0 Å². The van der Waals surface area contributed by atoms with Gasteiger partial charge in [0.05, 0.1) is 6.54 Å². The summed E-state index contributed by atoms with van der Waals surface area (Å²) in [5.74, 6) is 2.52. The molecule has 5 nitrogen and oxygen atoms in total. The largest absolute Gasteiger partial charge is 0.357 e. The minimum atomic E-state index is 0.159. The first-order valence-electron chi connectivity index (χ1n) is 10.2. The third-order valence-electron chi connectivity index (χ3n) is 5.31. The van der Waals surface area contributed by atoms with Crippen molar-refractivity contribution in [1.82, 2.24) is 10.2 Å². The third-order valence-corrected chi connectivity index (χ3v) is 6.68. The molecule has 2 aliphatic rings. The number of nitrogens with one attached hydrogen (secondary N) is 2. The highest BCUT2D eigenvalue weighted by Gasteiger charge is 2.25. The number of hydrogen-bond acceptors (Lipinski definition) is 3. The van der Waals surface area contributed by atoms with Crippen molar-refractivity contribution >= 4 is 29.3 Å². The Bertz CT molecular complexity index is 659. The summed E-state index contributed by atoms with van der Waals surface area (Å²) in [5.41, 5.74) is 2.00. The fourth-order valence-electron chi connectivity index (χ4n) is 3.41. The number of anilines is 1. The second kappa shape index (κ2) is 10.0. The van der Waals surface area contributed by atoms with Crippen molar-refractivity contribution < 1.29 is 4.79 Å². The molecule has 0 spiro atoms. The van der Waals surface area contributed by atoms with Crippen LogP contribution >= 0.6 is 11.8 Å². The normalized spacial score (nSPS) is 20.9. The quantitative estimate of drug-likeness (QED) is 0.576. The molecule has 0 radical (unpaired) electrons. The van der Waals surface area contributed by atoms with Crippen LogP contribution in [-0.4, -0.2) is 47.4 Å². The molecule has 1 saturated carbocycles. The van der Waals surface area contributed by atoms with E-state index in [1.54, 1.807) is 0 Å². The summed E-state index contributed by atoms with van der Waals surface area (Å²) >= 11 is 2.07. The van der Waals surface area contributed by atoms with Gasteiger partial charge in [-0.25, -0.2) is 4.99 Å². The summed E-state index contributed by atoms with van der Waals surface area (Å²) in [6.07, 6.45) is 4.42. The van der Waals surface area contributed by atoms with Crippen LogP contribution in [0.15, 0.2) is 29.3 Å². The molecule has 1 amide bonds. The third kappa shape index (κ3) is 5.64. The predicted molar refractivity (Wildman–Crippen MR) is 115 cm³/mol. The van der Waals surface area contributed by atoms with Crippen LogP contribution in [0.25, 0.3) is 0 Å². The van der Waals surface area contributed by atoms with E-state index in [-0.39, 0.29) is 11.8 Å². The average Bonchev–Trinajstić information content (AvgIpc) is 2.64. The zero-order valence-electron chi connectivity index (χ0n) is 16.5. The van der Waals surface area contributed by atoms with Crippen molar-refractivity contribution in [3.63, 3.8) is 0 Å². The number of carbonyl (C=O) groups excluding carboxylic acids is 1. The highest BCUT2D eigenvalue weighted by Crippen LogP contribution is 2.27.